The SMILES string of the molecule is Cc1nc(NC(C)c2cc(N)cc(C(F)(F)F)c2)c2cc3c(cc2n1)OCCOCCOCC1(CCCCC1)O3. The number of hydrogen-bond donors (Lipinski definition) is 2. The third-order valence-corrected chi connectivity index (χ3v) is 7.34. The van der Waals surface area contributed by atoms with Crippen LogP contribution in [0.15, 0.2) is 30.3 Å². The Bertz CT molecular complexity index is 1350. The number of halogens is 3. The number of rotatable bonds is 3. The molecule has 2 heterocycles. The molecule has 1 unspecified atom stereocenters. The van der Waals surface area contributed by atoms with Crippen LogP contribution in [-0.2, 0) is 15.7 Å². The van der Waals surface area contributed by atoms with Gasteiger partial charge in [-0.1, -0.05) is 6.42 Å². The first-order valence-electron chi connectivity index (χ1n) is 13.7. The molecule has 3 N–H and O–H groups in total. The van der Waals surface area contributed by atoms with Crippen LogP contribution in [0.2, 0.25) is 0 Å². The van der Waals surface area contributed by atoms with E-state index in [0.717, 1.165) is 44.2 Å². The summed E-state index contributed by atoms with van der Waals surface area (Å²) in [5.74, 6) is 2.07. The number of anilines is 2. The molecule has 1 atom stereocenters. The first kappa shape index (κ1) is 28.2. The van der Waals surface area contributed by atoms with Crippen LogP contribution in [0.1, 0.15) is 62.0 Å². The number of nitrogen functional groups attached to an aromatic ring is 1. The fourth-order valence-electron chi connectivity index (χ4n) is 5.33. The summed E-state index contributed by atoms with van der Waals surface area (Å²) in [6.07, 6.45) is 0.430. The number of aromatic nitrogens is 2. The molecule has 1 fully saturated rings. The number of fused-ring (bicyclic) bond motifs is 2. The van der Waals surface area contributed by atoms with Gasteiger partial charge in [0.25, 0.3) is 0 Å². The molecule has 0 saturated heterocycles. The zero-order valence-electron chi connectivity index (χ0n) is 22.8. The molecule has 0 amide bonds. The van der Waals surface area contributed by atoms with E-state index in [-0.39, 0.29) is 5.69 Å². The smallest absolute Gasteiger partial charge is 0.416 e. The number of nitrogens with zero attached hydrogens (tertiary/aromatic N) is 2. The van der Waals surface area contributed by atoms with Crippen LogP contribution >= 0.6 is 0 Å². The maximum Gasteiger partial charge on any atom is 0.416 e. The van der Waals surface area contributed by atoms with E-state index in [1.807, 2.05) is 12.1 Å². The molecule has 2 aromatic carbocycles. The molecule has 8 nitrogen and oxygen atoms in total. The van der Waals surface area contributed by atoms with Gasteiger partial charge in [0.15, 0.2) is 11.5 Å². The normalized spacial score (nSPS) is 19.0. The Hall–Kier alpha value is -3.31. The second-order valence-electron chi connectivity index (χ2n) is 10.5. The van der Waals surface area contributed by atoms with Crippen molar-refractivity contribution in [3.05, 3.63) is 47.3 Å². The third kappa shape index (κ3) is 6.52. The average molecular weight is 561 g/mol. The lowest BCUT2D eigenvalue weighted by Gasteiger charge is -2.38. The van der Waals surface area contributed by atoms with Gasteiger partial charge >= 0.3 is 6.18 Å². The molecule has 1 aromatic heterocycles. The van der Waals surface area contributed by atoms with Gasteiger partial charge in [-0.05, 0) is 69.4 Å². The fourth-order valence-corrected chi connectivity index (χ4v) is 5.33. The van der Waals surface area contributed by atoms with Crippen LogP contribution < -0.4 is 20.5 Å². The average Bonchev–Trinajstić information content (AvgIpc) is 2.89. The number of aryl methyl sites for hydroxylation is 1. The number of nitrogens with one attached hydrogen (secondary N) is 1. The van der Waals surface area contributed by atoms with Crippen molar-refractivity contribution >= 4 is 22.4 Å². The second kappa shape index (κ2) is 11.7. The van der Waals surface area contributed by atoms with Gasteiger partial charge in [-0.25, -0.2) is 9.97 Å². The van der Waals surface area contributed by atoms with Crippen molar-refractivity contribution in [2.45, 2.75) is 63.8 Å². The number of nitrogens with two attached hydrogens (primary N) is 1. The molecule has 216 valence electrons. The minimum absolute atomic E-state index is 0.0387. The van der Waals surface area contributed by atoms with E-state index in [9.17, 15) is 13.2 Å². The number of alkyl halides is 3. The van der Waals surface area contributed by atoms with Gasteiger partial charge in [-0.15, -0.1) is 0 Å². The van der Waals surface area contributed by atoms with Gasteiger partial charge in [-0.2, -0.15) is 13.2 Å². The Morgan fingerprint density at radius 3 is 2.45 bits per heavy atom. The molecule has 1 aliphatic carbocycles. The van der Waals surface area contributed by atoms with Crippen molar-refractivity contribution in [3.63, 3.8) is 0 Å². The second-order valence-corrected chi connectivity index (χ2v) is 10.5. The van der Waals surface area contributed by atoms with Gasteiger partial charge in [0, 0.05) is 17.1 Å². The van der Waals surface area contributed by atoms with Crippen molar-refractivity contribution in [1.82, 2.24) is 9.97 Å². The summed E-state index contributed by atoms with van der Waals surface area (Å²) < 4.78 is 64.7. The van der Waals surface area contributed by atoms with Gasteiger partial charge < -0.3 is 30.0 Å². The van der Waals surface area contributed by atoms with E-state index in [2.05, 4.69) is 15.3 Å². The summed E-state index contributed by atoms with van der Waals surface area (Å²) in [6.45, 7) is 5.67. The van der Waals surface area contributed by atoms with Crippen molar-refractivity contribution in [3.8, 4) is 11.5 Å². The Labute approximate surface area is 231 Å². The Kier molecular flexibility index (Phi) is 8.23. The molecule has 0 bridgehead atoms. The molecule has 0 radical (unpaired) electrons. The van der Waals surface area contributed by atoms with E-state index in [4.69, 9.17) is 24.7 Å². The quantitative estimate of drug-likeness (QED) is 0.364. The van der Waals surface area contributed by atoms with Crippen LogP contribution in [0.25, 0.3) is 10.9 Å². The molecule has 5 rings (SSSR count). The topological polar surface area (TPSA) is 101 Å². The highest BCUT2D eigenvalue weighted by Crippen LogP contribution is 2.41. The molecule has 1 aliphatic heterocycles. The Morgan fingerprint density at radius 1 is 0.925 bits per heavy atom. The minimum Gasteiger partial charge on any atom is -0.487 e. The summed E-state index contributed by atoms with van der Waals surface area (Å²) in [7, 11) is 0. The number of ether oxygens (including phenoxy) is 4. The monoisotopic (exact) mass is 560 g/mol. The van der Waals surface area contributed by atoms with Crippen LogP contribution in [-0.4, -0.2) is 48.6 Å². The van der Waals surface area contributed by atoms with Gasteiger partial charge in [0.2, 0.25) is 0 Å². The predicted octanol–water partition coefficient (Wildman–Crippen LogP) is 6.22. The maximum atomic E-state index is 13.4. The van der Waals surface area contributed by atoms with Crippen LogP contribution in [0, 0.1) is 6.92 Å². The molecular weight excluding hydrogens is 525 g/mol. The molecule has 1 spiro atoms. The lowest BCUT2D eigenvalue weighted by atomic mass is 9.85. The largest absolute Gasteiger partial charge is 0.487 e. The summed E-state index contributed by atoms with van der Waals surface area (Å²) >= 11 is 0. The van der Waals surface area contributed by atoms with E-state index < -0.39 is 23.4 Å². The Morgan fingerprint density at radius 2 is 1.68 bits per heavy atom. The first-order chi connectivity index (χ1) is 19.1. The fraction of sp³-hybridized carbons (Fsp3) is 0.517. The molecule has 3 aromatic rings. The highest BCUT2D eigenvalue weighted by Gasteiger charge is 2.36. The third-order valence-electron chi connectivity index (χ3n) is 7.34. The summed E-state index contributed by atoms with van der Waals surface area (Å²) in [5, 5.41) is 3.94. The van der Waals surface area contributed by atoms with Crippen molar-refractivity contribution in [2.75, 3.05) is 44.1 Å². The van der Waals surface area contributed by atoms with Gasteiger partial charge in [0.1, 0.15) is 23.9 Å². The number of hydrogen-bond acceptors (Lipinski definition) is 8. The van der Waals surface area contributed by atoms with Gasteiger partial charge in [-0.3, -0.25) is 0 Å². The van der Waals surface area contributed by atoms with Crippen LogP contribution in [0.4, 0.5) is 24.7 Å². The van der Waals surface area contributed by atoms with E-state index in [1.54, 1.807) is 13.8 Å². The van der Waals surface area contributed by atoms with Gasteiger partial charge in [0.05, 0.1) is 43.5 Å². The van der Waals surface area contributed by atoms with E-state index in [1.165, 1.54) is 6.07 Å². The zero-order valence-corrected chi connectivity index (χ0v) is 22.8. The maximum absolute atomic E-state index is 13.4. The summed E-state index contributed by atoms with van der Waals surface area (Å²) in [5.41, 5.74) is 5.57. The van der Waals surface area contributed by atoms with E-state index in [0.29, 0.717) is 72.6 Å². The molecular formula is C29H35F3N4O4. The minimum atomic E-state index is -4.50. The van der Waals surface area contributed by atoms with Crippen LogP contribution in [0.3, 0.4) is 0 Å². The predicted molar refractivity (Wildman–Crippen MR) is 146 cm³/mol. The van der Waals surface area contributed by atoms with E-state index >= 15 is 0 Å². The molecule has 1 saturated carbocycles. The first-order valence-corrected chi connectivity index (χ1v) is 13.7. The highest BCUT2D eigenvalue weighted by molar-refractivity contribution is 5.92. The standard InChI is InChI=1S/C29H35F3N4O4/c1-18(20-12-21(29(30,31)32)14-22(33)13-20)34-27-23-15-26-25(16-24(23)35-19(2)36-27)39-11-10-37-8-9-38-17-28(40-26)6-4-3-5-7-28/h12-16,18H,3-11,17,33H2,1-2H3,(H,34,35,36). The Balaban J connectivity index is 1.54. The van der Waals surface area contributed by atoms with Crippen molar-refractivity contribution in [2.24, 2.45) is 0 Å². The molecule has 2 aliphatic rings. The number of benzene rings is 2. The molecule has 40 heavy (non-hydrogen) atoms. The highest BCUT2D eigenvalue weighted by atomic mass is 19.4. The van der Waals surface area contributed by atoms with Crippen molar-refractivity contribution in [1.29, 1.82) is 0 Å². The zero-order chi connectivity index (χ0) is 28.3. The lowest BCUT2D eigenvalue weighted by Crippen LogP contribution is -2.43. The summed E-state index contributed by atoms with van der Waals surface area (Å²) in [4.78, 5) is 9.21. The lowest BCUT2D eigenvalue weighted by molar-refractivity contribution is -0.137. The van der Waals surface area contributed by atoms with Crippen molar-refractivity contribution < 1.29 is 32.1 Å². The van der Waals surface area contributed by atoms with Crippen LogP contribution in [0.5, 0.6) is 11.5 Å². The molecule has 11 heteroatoms. The summed E-state index contributed by atoms with van der Waals surface area (Å²) in [6, 6.07) is 6.70.